The molecule has 7 heteroatoms. The highest BCUT2D eigenvalue weighted by Gasteiger charge is 2.48. The van der Waals surface area contributed by atoms with Gasteiger partial charge in [-0.05, 0) is 31.9 Å². The minimum absolute atomic E-state index is 0.179. The van der Waals surface area contributed by atoms with E-state index >= 15 is 0 Å². The molecule has 1 aliphatic carbocycles. The fourth-order valence-electron chi connectivity index (χ4n) is 3.45. The molecule has 2 aliphatic rings. The van der Waals surface area contributed by atoms with Gasteiger partial charge in [0.25, 0.3) is 0 Å². The molecule has 124 valence electrons. The highest BCUT2D eigenvalue weighted by molar-refractivity contribution is 7.16. The second kappa shape index (κ2) is 6.61. The number of imide groups is 1. The fraction of sp³-hybridized carbons (Fsp3) is 0.562. The summed E-state index contributed by atoms with van der Waals surface area (Å²) in [6.45, 7) is 1.67. The molecule has 0 unspecified atom stereocenters. The van der Waals surface area contributed by atoms with Crippen LogP contribution in [0.3, 0.4) is 0 Å². The number of halogens is 1. The van der Waals surface area contributed by atoms with Crippen molar-refractivity contribution in [3.63, 3.8) is 0 Å². The summed E-state index contributed by atoms with van der Waals surface area (Å²) >= 11 is 7.30. The van der Waals surface area contributed by atoms with Crippen molar-refractivity contribution in [1.29, 1.82) is 0 Å². The molecule has 2 heterocycles. The lowest BCUT2D eigenvalue weighted by Gasteiger charge is -2.19. The van der Waals surface area contributed by atoms with Gasteiger partial charge in [0.15, 0.2) is 0 Å². The van der Waals surface area contributed by atoms with E-state index in [1.165, 1.54) is 11.3 Å². The van der Waals surface area contributed by atoms with Gasteiger partial charge in [-0.25, -0.2) is 0 Å². The lowest BCUT2D eigenvalue weighted by molar-refractivity contribution is -0.143. The van der Waals surface area contributed by atoms with Gasteiger partial charge < -0.3 is 5.32 Å². The highest BCUT2D eigenvalue weighted by atomic mass is 35.5. The van der Waals surface area contributed by atoms with Crippen molar-refractivity contribution in [1.82, 2.24) is 10.2 Å². The Kier molecular flexibility index (Phi) is 4.73. The minimum Gasteiger partial charge on any atom is -0.347 e. The molecule has 5 nitrogen and oxygen atoms in total. The lowest BCUT2D eigenvalue weighted by atomic mass is 9.81. The number of thiophene rings is 1. The number of carbonyl (C=O) groups is 3. The van der Waals surface area contributed by atoms with E-state index in [1.807, 2.05) is 13.0 Å². The number of nitrogens with one attached hydrogen (secondary N) is 1. The van der Waals surface area contributed by atoms with Gasteiger partial charge >= 0.3 is 0 Å². The van der Waals surface area contributed by atoms with Crippen LogP contribution in [0.1, 0.15) is 43.5 Å². The van der Waals surface area contributed by atoms with E-state index in [0.29, 0.717) is 4.34 Å². The average molecular weight is 355 g/mol. The molecule has 2 fully saturated rings. The highest BCUT2D eigenvalue weighted by Crippen LogP contribution is 2.37. The summed E-state index contributed by atoms with van der Waals surface area (Å²) < 4.78 is 0.662. The smallest absolute Gasteiger partial charge is 0.240 e. The first-order valence-corrected chi connectivity index (χ1v) is 9.06. The summed E-state index contributed by atoms with van der Waals surface area (Å²) in [5.74, 6) is -1.10. The van der Waals surface area contributed by atoms with Crippen LogP contribution in [0.25, 0.3) is 0 Å². The van der Waals surface area contributed by atoms with Gasteiger partial charge in [-0.1, -0.05) is 24.4 Å². The zero-order valence-electron chi connectivity index (χ0n) is 12.9. The van der Waals surface area contributed by atoms with Crippen LogP contribution < -0.4 is 5.32 Å². The molecule has 1 aromatic rings. The number of hydrogen-bond donors (Lipinski definition) is 1. The first-order chi connectivity index (χ1) is 11.0. The van der Waals surface area contributed by atoms with E-state index in [1.54, 1.807) is 6.07 Å². The van der Waals surface area contributed by atoms with Crippen LogP contribution in [0.15, 0.2) is 12.1 Å². The maximum absolute atomic E-state index is 12.4. The zero-order valence-corrected chi connectivity index (χ0v) is 14.5. The quantitative estimate of drug-likeness (QED) is 0.845. The van der Waals surface area contributed by atoms with Crippen LogP contribution in [0.5, 0.6) is 0 Å². The molecule has 1 N–H and O–H groups in total. The largest absolute Gasteiger partial charge is 0.347 e. The molecule has 1 aromatic heterocycles. The molecule has 1 saturated heterocycles. The van der Waals surface area contributed by atoms with Gasteiger partial charge in [0.1, 0.15) is 6.54 Å². The SMILES string of the molecule is C[C@H](NC(=O)CN1C(=O)[C@H]2CCCC[C@@H]2C1=O)c1ccc(Cl)s1. The molecule has 3 rings (SSSR count). The molecule has 3 atom stereocenters. The summed E-state index contributed by atoms with van der Waals surface area (Å²) in [6.07, 6.45) is 3.49. The molecule has 1 aliphatic heterocycles. The molecule has 1 saturated carbocycles. The molecular formula is C16H19ClN2O3S. The van der Waals surface area contributed by atoms with Gasteiger partial charge in [0.05, 0.1) is 22.2 Å². The standard InChI is InChI=1S/C16H19ClN2O3S/c1-9(12-6-7-13(17)23-12)18-14(20)8-19-15(21)10-4-2-3-5-11(10)16(19)22/h6-7,9-11H,2-5,8H2,1H3,(H,18,20)/t9-,10-,11-/m0/s1. The molecule has 0 aromatic carbocycles. The van der Waals surface area contributed by atoms with Crippen molar-refractivity contribution in [2.24, 2.45) is 11.8 Å². The van der Waals surface area contributed by atoms with Crippen LogP contribution in [-0.2, 0) is 14.4 Å². The van der Waals surface area contributed by atoms with E-state index in [9.17, 15) is 14.4 Å². The molecule has 0 bridgehead atoms. The van der Waals surface area contributed by atoms with Crippen LogP contribution in [0.2, 0.25) is 4.34 Å². The first kappa shape index (κ1) is 16.5. The van der Waals surface area contributed by atoms with Gasteiger partial charge in [-0.15, -0.1) is 11.3 Å². The summed E-state index contributed by atoms with van der Waals surface area (Å²) in [5, 5.41) is 2.83. The number of hydrogen-bond acceptors (Lipinski definition) is 4. The molecule has 0 spiro atoms. The summed E-state index contributed by atoms with van der Waals surface area (Å²) in [5.41, 5.74) is 0. The van der Waals surface area contributed by atoms with E-state index < -0.39 is 0 Å². The van der Waals surface area contributed by atoms with Crippen molar-refractivity contribution in [3.8, 4) is 0 Å². The van der Waals surface area contributed by atoms with E-state index in [-0.39, 0.29) is 42.1 Å². The predicted molar refractivity (Wildman–Crippen MR) is 88.1 cm³/mol. The second-order valence-electron chi connectivity index (χ2n) is 6.19. The Morgan fingerprint density at radius 2 is 1.91 bits per heavy atom. The topological polar surface area (TPSA) is 66.5 Å². The van der Waals surface area contributed by atoms with Crippen LogP contribution in [0, 0.1) is 11.8 Å². The Morgan fingerprint density at radius 3 is 2.43 bits per heavy atom. The third-order valence-electron chi connectivity index (χ3n) is 4.63. The number of amides is 3. The monoisotopic (exact) mass is 354 g/mol. The number of nitrogens with zero attached hydrogens (tertiary/aromatic N) is 1. The summed E-state index contributed by atoms with van der Waals surface area (Å²) in [7, 11) is 0. The Hall–Kier alpha value is -1.40. The molecule has 3 amide bonds. The maximum atomic E-state index is 12.4. The molecule has 23 heavy (non-hydrogen) atoms. The van der Waals surface area contributed by atoms with E-state index in [2.05, 4.69) is 5.32 Å². The average Bonchev–Trinajstić information content (AvgIpc) is 3.06. The first-order valence-electron chi connectivity index (χ1n) is 7.87. The van der Waals surface area contributed by atoms with Crippen molar-refractivity contribution >= 4 is 40.7 Å². The number of rotatable bonds is 4. The Labute approximate surface area is 144 Å². The summed E-state index contributed by atoms with van der Waals surface area (Å²) in [6, 6.07) is 3.44. The Bertz CT molecular complexity index is 621. The van der Waals surface area contributed by atoms with Gasteiger partial charge in [-0.2, -0.15) is 0 Å². The maximum Gasteiger partial charge on any atom is 0.240 e. The number of carbonyl (C=O) groups excluding carboxylic acids is 3. The molecular weight excluding hydrogens is 336 g/mol. The third kappa shape index (κ3) is 3.28. The second-order valence-corrected chi connectivity index (χ2v) is 7.94. The van der Waals surface area contributed by atoms with Crippen LogP contribution >= 0.6 is 22.9 Å². The van der Waals surface area contributed by atoms with Crippen molar-refractivity contribution in [2.45, 2.75) is 38.6 Å². The van der Waals surface area contributed by atoms with Gasteiger partial charge in [0.2, 0.25) is 17.7 Å². The van der Waals surface area contributed by atoms with E-state index in [0.717, 1.165) is 35.5 Å². The molecule has 0 radical (unpaired) electrons. The zero-order chi connectivity index (χ0) is 16.6. The lowest BCUT2D eigenvalue weighted by Crippen LogP contribution is -2.41. The fourth-order valence-corrected chi connectivity index (χ4v) is 4.51. The van der Waals surface area contributed by atoms with Crippen molar-refractivity contribution in [2.75, 3.05) is 6.54 Å². The minimum atomic E-state index is -0.317. The Morgan fingerprint density at radius 1 is 1.30 bits per heavy atom. The normalized spacial score (nSPS) is 25.4. The predicted octanol–water partition coefficient (Wildman–Crippen LogP) is 2.75. The van der Waals surface area contributed by atoms with Crippen LogP contribution in [0.4, 0.5) is 0 Å². The van der Waals surface area contributed by atoms with Gasteiger partial charge in [-0.3, -0.25) is 19.3 Å². The number of fused-ring (bicyclic) bond motifs is 1. The van der Waals surface area contributed by atoms with Crippen molar-refractivity contribution in [3.05, 3.63) is 21.3 Å². The summed E-state index contributed by atoms with van der Waals surface area (Å²) in [4.78, 5) is 39.0. The number of likely N-dealkylation sites (tertiary alicyclic amines) is 1. The van der Waals surface area contributed by atoms with Crippen LogP contribution in [-0.4, -0.2) is 29.2 Å². The third-order valence-corrected chi connectivity index (χ3v) is 6.05. The van der Waals surface area contributed by atoms with Crippen molar-refractivity contribution < 1.29 is 14.4 Å². The Balaban J connectivity index is 1.61. The van der Waals surface area contributed by atoms with E-state index in [4.69, 9.17) is 11.6 Å². The van der Waals surface area contributed by atoms with Gasteiger partial charge in [0, 0.05) is 4.88 Å².